The highest BCUT2D eigenvalue weighted by Gasteiger charge is 2.15. The highest BCUT2D eigenvalue weighted by Crippen LogP contribution is 2.10. The average molecular weight is 242 g/mol. The Hall–Kier alpha value is -1.19. The lowest BCUT2D eigenvalue weighted by Crippen LogP contribution is -2.23. The number of rotatable bonds is 7. The van der Waals surface area contributed by atoms with E-state index in [9.17, 15) is 14.4 Å². The fraction of sp³-hybridized carbons (Fsp3) is 0.769. The maximum absolute atomic E-state index is 11.3. The van der Waals surface area contributed by atoms with Crippen LogP contribution in [0, 0.1) is 0 Å². The molecule has 0 aromatic carbocycles. The molecule has 4 heteroatoms. The van der Waals surface area contributed by atoms with Gasteiger partial charge in [0.15, 0.2) is 0 Å². The summed E-state index contributed by atoms with van der Waals surface area (Å²) in [5.74, 6) is -0.402. The Kier molecular flexibility index (Phi) is 6.69. The summed E-state index contributed by atoms with van der Waals surface area (Å²) in [4.78, 5) is 33.2. The highest BCUT2D eigenvalue weighted by molar-refractivity contribution is 5.97. The molecule has 0 aliphatic carbocycles. The molecule has 0 rings (SSSR count). The standard InChI is InChI=1S/C13H22O4/c1-10(14)9-11(15)7-5-6-8-12(16)17-13(2,3)4/h5-9H2,1-4H3. The predicted molar refractivity (Wildman–Crippen MR) is 64.6 cm³/mol. The minimum Gasteiger partial charge on any atom is -0.460 e. The van der Waals surface area contributed by atoms with Gasteiger partial charge in [0.05, 0.1) is 6.42 Å². The molecule has 0 saturated heterocycles. The topological polar surface area (TPSA) is 60.4 Å². The number of ether oxygens (including phenoxy) is 1. The van der Waals surface area contributed by atoms with Gasteiger partial charge < -0.3 is 4.74 Å². The first-order valence-electron chi connectivity index (χ1n) is 5.93. The number of Topliss-reactive ketones (excluding diaryl/α,β-unsaturated/α-hetero) is 2. The van der Waals surface area contributed by atoms with Gasteiger partial charge in [-0.15, -0.1) is 0 Å². The molecule has 0 aliphatic rings. The van der Waals surface area contributed by atoms with Crippen molar-refractivity contribution in [1.29, 1.82) is 0 Å². The molecule has 98 valence electrons. The van der Waals surface area contributed by atoms with E-state index in [4.69, 9.17) is 4.74 Å². The van der Waals surface area contributed by atoms with E-state index in [2.05, 4.69) is 0 Å². The zero-order valence-corrected chi connectivity index (χ0v) is 11.2. The molecule has 0 N–H and O–H groups in total. The van der Waals surface area contributed by atoms with E-state index in [0.717, 1.165) is 0 Å². The maximum Gasteiger partial charge on any atom is 0.306 e. The van der Waals surface area contributed by atoms with Crippen LogP contribution in [0.4, 0.5) is 0 Å². The molecule has 0 amide bonds. The van der Waals surface area contributed by atoms with Crippen molar-refractivity contribution in [3.63, 3.8) is 0 Å². The van der Waals surface area contributed by atoms with Crippen molar-refractivity contribution >= 4 is 17.5 Å². The van der Waals surface area contributed by atoms with E-state index < -0.39 is 5.60 Å². The fourth-order valence-electron chi connectivity index (χ4n) is 1.35. The predicted octanol–water partition coefficient (Wildman–Crippen LogP) is 2.44. The van der Waals surface area contributed by atoms with Gasteiger partial charge in [0.1, 0.15) is 17.2 Å². The molecule has 0 spiro atoms. The van der Waals surface area contributed by atoms with Crippen LogP contribution in [0.1, 0.15) is 59.8 Å². The number of ketones is 2. The average Bonchev–Trinajstić information content (AvgIpc) is 2.08. The number of carbonyl (C=O) groups is 3. The molecule has 0 radical (unpaired) electrons. The van der Waals surface area contributed by atoms with E-state index >= 15 is 0 Å². The Balaban J connectivity index is 3.61. The van der Waals surface area contributed by atoms with E-state index in [1.807, 2.05) is 20.8 Å². The first kappa shape index (κ1) is 15.8. The third-order valence-corrected chi connectivity index (χ3v) is 1.95. The first-order chi connectivity index (χ1) is 7.70. The van der Waals surface area contributed by atoms with E-state index in [0.29, 0.717) is 25.7 Å². The molecule has 0 aromatic rings. The molecule has 0 heterocycles. The molecule has 0 fully saturated rings. The van der Waals surface area contributed by atoms with Crippen molar-refractivity contribution in [2.45, 2.75) is 65.4 Å². The van der Waals surface area contributed by atoms with E-state index in [-0.39, 0.29) is 24.0 Å². The Morgan fingerprint density at radius 3 is 2.00 bits per heavy atom. The van der Waals surface area contributed by atoms with Gasteiger partial charge in [-0.3, -0.25) is 14.4 Å². The summed E-state index contributed by atoms with van der Waals surface area (Å²) in [6.45, 7) is 6.86. The lowest BCUT2D eigenvalue weighted by atomic mass is 10.1. The third-order valence-electron chi connectivity index (χ3n) is 1.95. The second kappa shape index (κ2) is 7.20. The van der Waals surface area contributed by atoms with Crippen molar-refractivity contribution in [3.05, 3.63) is 0 Å². The van der Waals surface area contributed by atoms with Crippen LogP contribution in [0.3, 0.4) is 0 Å². The fourth-order valence-corrected chi connectivity index (χ4v) is 1.35. The molecular formula is C13H22O4. The first-order valence-corrected chi connectivity index (χ1v) is 5.93. The number of carbonyl (C=O) groups excluding carboxylic acids is 3. The molecule has 0 saturated carbocycles. The van der Waals surface area contributed by atoms with Gasteiger partial charge in [-0.2, -0.15) is 0 Å². The lowest BCUT2D eigenvalue weighted by molar-refractivity contribution is -0.155. The van der Waals surface area contributed by atoms with Gasteiger partial charge in [-0.05, 0) is 40.5 Å². The van der Waals surface area contributed by atoms with Crippen molar-refractivity contribution in [3.8, 4) is 0 Å². The van der Waals surface area contributed by atoms with Crippen molar-refractivity contribution in [2.24, 2.45) is 0 Å². The van der Waals surface area contributed by atoms with Crippen LogP contribution in [0.15, 0.2) is 0 Å². The molecule has 0 aromatic heterocycles. The summed E-state index contributed by atoms with van der Waals surface area (Å²) in [6, 6.07) is 0. The van der Waals surface area contributed by atoms with Gasteiger partial charge >= 0.3 is 5.97 Å². The Morgan fingerprint density at radius 2 is 1.53 bits per heavy atom. The van der Waals surface area contributed by atoms with Crippen molar-refractivity contribution < 1.29 is 19.1 Å². The van der Waals surface area contributed by atoms with Gasteiger partial charge in [-0.25, -0.2) is 0 Å². The largest absolute Gasteiger partial charge is 0.460 e. The summed E-state index contributed by atoms with van der Waals surface area (Å²) >= 11 is 0. The van der Waals surface area contributed by atoms with Crippen LogP contribution < -0.4 is 0 Å². The molecule has 0 unspecified atom stereocenters. The van der Waals surface area contributed by atoms with Gasteiger partial charge in [0, 0.05) is 12.8 Å². The van der Waals surface area contributed by atoms with E-state index in [1.165, 1.54) is 6.92 Å². The van der Waals surface area contributed by atoms with Gasteiger partial charge in [-0.1, -0.05) is 0 Å². The number of unbranched alkanes of at least 4 members (excludes halogenated alkanes) is 1. The molecular weight excluding hydrogens is 220 g/mol. The molecule has 17 heavy (non-hydrogen) atoms. The van der Waals surface area contributed by atoms with Crippen LogP contribution >= 0.6 is 0 Å². The van der Waals surface area contributed by atoms with Crippen LogP contribution in [0.2, 0.25) is 0 Å². The summed E-state index contributed by atoms with van der Waals surface area (Å²) in [7, 11) is 0. The zero-order valence-electron chi connectivity index (χ0n) is 11.2. The monoisotopic (exact) mass is 242 g/mol. The minimum absolute atomic E-state index is 0.00639. The Bertz CT molecular complexity index is 286. The van der Waals surface area contributed by atoms with Crippen molar-refractivity contribution in [2.75, 3.05) is 0 Å². The molecule has 0 bridgehead atoms. The van der Waals surface area contributed by atoms with Gasteiger partial charge in [0.25, 0.3) is 0 Å². The molecule has 0 aliphatic heterocycles. The minimum atomic E-state index is -0.457. The summed E-state index contributed by atoms with van der Waals surface area (Å²) in [6.07, 6.45) is 1.95. The zero-order chi connectivity index (χ0) is 13.5. The van der Waals surface area contributed by atoms with Crippen LogP contribution in [0.5, 0.6) is 0 Å². The van der Waals surface area contributed by atoms with E-state index in [1.54, 1.807) is 0 Å². The third kappa shape index (κ3) is 11.1. The normalized spacial score (nSPS) is 11.1. The maximum atomic E-state index is 11.3. The number of esters is 1. The summed E-state index contributed by atoms with van der Waals surface area (Å²) in [5.41, 5.74) is -0.457. The van der Waals surface area contributed by atoms with Crippen molar-refractivity contribution in [1.82, 2.24) is 0 Å². The summed E-state index contributed by atoms with van der Waals surface area (Å²) < 4.78 is 5.13. The Labute approximate surface area is 103 Å². The Morgan fingerprint density at radius 1 is 1.00 bits per heavy atom. The molecule has 0 atom stereocenters. The smallest absolute Gasteiger partial charge is 0.306 e. The number of hydrogen-bond donors (Lipinski definition) is 0. The van der Waals surface area contributed by atoms with Gasteiger partial charge in [0.2, 0.25) is 0 Å². The second-order valence-corrected chi connectivity index (χ2v) is 5.21. The quantitative estimate of drug-likeness (QED) is 0.391. The highest BCUT2D eigenvalue weighted by atomic mass is 16.6. The SMILES string of the molecule is CC(=O)CC(=O)CCCCC(=O)OC(C)(C)C. The van der Waals surface area contributed by atoms with Crippen LogP contribution in [0.25, 0.3) is 0 Å². The molecule has 4 nitrogen and oxygen atoms in total. The van der Waals surface area contributed by atoms with Crippen LogP contribution in [-0.4, -0.2) is 23.1 Å². The second-order valence-electron chi connectivity index (χ2n) is 5.21. The summed E-state index contributed by atoms with van der Waals surface area (Å²) in [5, 5.41) is 0. The number of hydrogen-bond acceptors (Lipinski definition) is 4. The van der Waals surface area contributed by atoms with Crippen LogP contribution in [-0.2, 0) is 19.1 Å². The lowest BCUT2D eigenvalue weighted by Gasteiger charge is -2.19.